The first kappa shape index (κ1) is 14.1. The summed E-state index contributed by atoms with van der Waals surface area (Å²) in [4.78, 5) is 0. The van der Waals surface area contributed by atoms with E-state index in [0.717, 1.165) is 11.2 Å². The summed E-state index contributed by atoms with van der Waals surface area (Å²) < 4.78 is 0. The van der Waals surface area contributed by atoms with Crippen molar-refractivity contribution in [1.82, 2.24) is 0 Å². The van der Waals surface area contributed by atoms with E-state index in [1.54, 1.807) is 0 Å². The monoisotopic (exact) mass is 300 g/mol. The third kappa shape index (κ3) is 5.40. The van der Waals surface area contributed by atoms with Crippen LogP contribution in [0.5, 0.6) is 0 Å². The fraction of sp³-hybridized carbons (Fsp3) is 0.571. The van der Waals surface area contributed by atoms with E-state index in [0.29, 0.717) is 0 Å². The summed E-state index contributed by atoms with van der Waals surface area (Å²) in [6, 6.07) is 8.95. The van der Waals surface area contributed by atoms with Gasteiger partial charge in [0.2, 0.25) is 0 Å². The third-order valence-corrected chi connectivity index (χ3v) is 4.44. The average molecular weight is 301 g/mol. The highest BCUT2D eigenvalue weighted by Gasteiger charge is 2.07. The average Bonchev–Trinajstić information content (AvgIpc) is 2.31. The lowest BCUT2D eigenvalue weighted by atomic mass is 9.96. The van der Waals surface area contributed by atoms with Crippen molar-refractivity contribution < 1.29 is 0 Å². The van der Waals surface area contributed by atoms with Crippen LogP contribution in [0, 0.1) is 12.8 Å². The van der Waals surface area contributed by atoms with E-state index in [-0.39, 0.29) is 0 Å². The van der Waals surface area contributed by atoms with Crippen LogP contribution in [-0.2, 0) is 6.42 Å². The lowest BCUT2D eigenvalue weighted by Gasteiger charge is -2.13. The summed E-state index contributed by atoms with van der Waals surface area (Å²) in [5.41, 5.74) is 2.82. The van der Waals surface area contributed by atoms with Crippen molar-refractivity contribution in [3.63, 3.8) is 0 Å². The number of halogens is 1. The molecule has 16 heavy (non-hydrogen) atoms. The molecule has 0 saturated heterocycles. The fourth-order valence-corrected chi connectivity index (χ4v) is 2.82. The van der Waals surface area contributed by atoms with Gasteiger partial charge in [-0.15, -0.1) is 0 Å². The molecule has 1 aromatic rings. The van der Waals surface area contributed by atoms with Gasteiger partial charge in [0, 0.05) is 5.33 Å². The Morgan fingerprint density at radius 2 is 1.94 bits per heavy atom. The highest BCUT2D eigenvalue weighted by molar-refractivity contribution is 9.09. The molecule has 0 heterocycles. The van der Waals surface area contributed by atoms with Crippen molar-refractivity contribution in [1.29, 1.82) is 0 Å². The van der Waals surface area contributed by atoms with Gasteiger partial charge in [-0.1, -0.05) is 45.8 Å². The lowest BCUT2D eigenvalue weighted by molar-refractivity contribution is 0.537. The van der Waals surface area contributed by atoms with Gasteiger partial charge in [-0.3, -0.25) is 0 Å². The van der Waals surface area contributed by atoms with Gasteiger partial charge in [0.05, 0.1) is 0 Å². The van der Waals surface area contributed by atoms with E-state index in [2.05, 4.69) is 53.4 Å². The molecule has 0 saturated carbocycles. The second-order valence-corrected chi connectivity index (χ2v) is 5.98. The molecule has 0 radical (unpaired) electrons. The molecule has 2 heteroatoms. The standard InChI is InChI=1S/C14H21BrS/c1-12-5-7-13(8-6-12)10-14(11-15)4-3-9-16-2/h5-8,14H,3-4,9-11H2,1-2H3. The largest absolute Gasteiger partial charge is 0.165 e. The van der Waals surface area contributed by atoms with Crippen molar-refractivity contribution in [2.24, 2.45) is 5.92 Å². The van der Waals surface area contributed by atoms with E-state index in [1.165, 1.54) is 36.1 Å². The maximum Gasteiger partial charge on any atom is 0.00628 e. The highest BCUT2D eigenvalue weighted by Crippen LogP contribution is 2.18. The molecule has 1 atom stereocenters. The molecule has 0 aromatic heterocycles. The van der Waals surface area contributed by atoms with Crippen LogP contribution in [0.2, 0.25) is 0 Å². The minimum atomic E-state index is 0.787. The number of hydrogen-bond donors (Lipinski definition) is 0. The van der Waals surface area contributed by atoms with Crippen LogP contribution in [0.15, 0.2) is 24.3 Å². The smallest absolute Gasteiger partial charge is 0.00628 e. The molecular formula is C14H21BrS. The Morgan fingerprint density at radius 3 is 2.50 bits per heavy atom. The Bertz CT molecular complexity index is 281. The number of aryl methyl sites for hydroxylation is 1. The lowest BCUT2D eigenvalue weighted by Crippen LogP contribution is -2.06. The molecule has 0 fully saturated rings. The second-order valence-electron chi connectivity index (χ2n) is 4.35. The zero-order chi connectivity index (χ0) is 11.8. The predicted molar refractivity (Wildman–Crippen MR) is 79.8 cm³/mol. The molecule has 0 amide bonds. The van der Waals surface area contributed by atoms with Crippen molar-refractivity contribution in [3.05, 3.63) is 35.4 Å². The van der Waals surface area contributed by atoms with Crippen LogP contribution in [-0.4, -0.2) is 17.3 Å². The van der Waals surface area contributed by atoms with Crippen LogP contribution in [0.4, 0.5) is 0 Å². The molecule has 0 bridgehead atoms. The van der Waals surface area contributed by atoms with E-state index in [1.807, 2.05) is 11.8 Å². The van der Waals surface area contributed by atoms with Crippen molar-refractivity contribution in [2.75, 3.05) is 17.3 Å². The minimum absolute atomic E-state index is 0.787. The third-order valence-electron chi connectivity index (χ3n) is 2.82. The SMILES string of the molecule is CSCCCC(CBr)Cc1ccc(C)cc1. The quantitative estimate of drug-likeness (QED) is 0.520. The molecule has 0 aliphatic heterocycles. The fourth-order valence-electron chi connectivity index (χ4n) is 1.81. The van der Waals surface area contributed by atoms with Crippen LogP contribution in [0.25, 0.3) is 0 Å². The van der Waals surface area contributed by atoms with Gasteiger partial charge in [0.25, 0.3) is 0 Å². The summed E-state index contributed by atoms with van der Waals surface area (Å²) in [6.07, 6.45) is 6.06. The maximum absolute atomic E-state index is 3.63. The minimum Gasteiger partial charge on any atom is -0.165 e. The molecule has 0 spiro atoms. The molecule has 1 unspecified atom stereocenters. The first-order valence-electron chi connectivity index (χ1n) is 5.86. The molecule has 1 rings (SSSR count). The predicted octanol–water partition coefficient (Wildman–Crippen LogP) is 4.69. The van der Waals surface area contributed by atoms with E-state index in [4.69, 9.17) is 0 Å². The molecular weight excluding hydrogens is 280 g/mol. The highest BCUT2D eigenvalue weighted by atomic mass is 79.9. The Morgan fingerprint density at radius 1 is 1.25 bits per heavy atom. The topological polar surface area (TPSA) is 0 Å². The molecule has 0 aliphatic carbocycles. The van der Waals surface area contributed by atoms with E-state index < -0.39 is 0 Å². The van der Waals surface area contributed by atoms with Gasteiger partial charge in [-0.05, 0) is 49.7 Å². The Kier molecular flexibility index (Phi) is 7.22. The zero-order valence-corrected chi connectivity index (χ0v) is 12.6. The summed E-state index contributed by atoms with van der Waals surface area (Å²) in [5.74, 6) is 2.08. The van der Waals surface area contributed by atoms with Crippen molar-refractivity contribution >= 4 is 27.7 Å². The van der Waals surface area contributed by atoms with Crippen molar-refractivity contribution in [3.8, 4) is 0 Å². The van der Waals surface area contributed by atoms with E-state index in [9.17, 15) is 0 Å². The zero-order valence-electron chi connectivity index (χ0n) is 10.2. The number of alkyl halides is 1. The van der Waals surface area contributed by atoms with Gasteiger partial charge >= 0.3 is 0 Å². The van der Waals surface area contributed by atoms with Crippen LogP contribution < -0.4 is 0 Å². The van der Waals surface area contributed by atoms with Crippen molar-refractivity contribution in [2.45, 2.75) is 26.2 Å². The molecule has 1 aromatic carbocycles. The van der Waals surface area contributed by atoms with Crippen LogP contribution in [0.1, 0.15) is 24.0 Å². The first-order valence-corrected chi connectivity index (χ1v) is 8.38. The summed E-state index contributed by atoms with van der Waals surface area (Å²) in [7, 11) is 0. The molecule has 0 nitrogen and oxygen atoms in total. The second kappa shape index (κ2) is 8.19. The molecule has 0 aliphatic rings. The van der Waals surface area contributed by atoms with Crippen LogP contribution in [0.3, 0.4) is 0 Å². The number of rotatable bonds is 7. The Hall–Kier alpha value is 0.0500. The normalized spacial score (nSPS) is 12.7. The van der Waals surface area contributed by atoms with E-state index >= 15 is 0 Å². The van der Waals surface area contributed by atoms with Gasteiger partial charge in [-0.2, -0.15) is 11.8 Å². The number of thioether (sulfide) groups is 1. The van der Waals surface area contributed by atoms with Gasteiger partial charge in [0.1, 0.15) is 0 Å². The van der Waals surface area contributed by atoms with Gasteiger partial charge in [-0.25, -0.2) is 0 Å². The van der Waals surface area contributed by atoms with Crippen LogP contribution >= 0.6 is 27.7 Å². The number of benzene rings is 1. The Balaban J connectivity index is 2.40. The summed E-state index contributed by atoms with van der Waals surface area (Å²) >= 11 is 5.58. The Labute approximate surface area is 112 Å². The summed E-state index contributed by atoms with van der Waals surface area (Å²) in [5, 5.41) is 1.12. The molecule has 0 N–H and O–H groups in total. The first-order chi connectivity index (χ1) is 7.76. The molecule has 90 valence electrons. The summed E-state index contributed by atoms with van der Waals surface area (Å²) in [6.45, 7) is 2.14. The van der Waals surface area contributed by atoms with Gasteiger partial charge in [0.15, 0.2) is 0 Å². The van der Waals surface area contributed by atoms with Gasteiger partial charge < -0.3 is 0 Å². The number of hydrogen-bond acceptors (Lipinski definition) is 1. The maximum atomic E-state index is 3.63.